The Morgan fingerprint density at radius 1 is 0.534 bits per heavy atom. The normalized spacial score (nSPS) is 23.0. The van der Waals surface area contributed by atoms with Crippen molar-refractivity contribution in [1.29, 1.82) is 0 Å². The highest BCUT2D eigenvalue weighted by molar-refractivity contribution is 7.47. The van der Waals surface area contributed by atoms with Gasteiger partial charge in [0, 0.05) is 12.8 Å². The van der Waals surface area contributed by atoms with Gasteiger partial charge in [0.2, 0.25) is 0 Å². The van der Waals surface area contributed by atoms with Gasteiger partial charge in [-0.05, 0) is 51.4 Å². The molecule has 0 aromatic heterocycles. The number of aliphatic hydroxyl groups excluding tert-OH is 5. The molecule has 6 N–H and O–H groups in total. The zero-order valence-corrected chi connectivity index (χ0v) is 36.2. The molecule has 58 heavy (non-hydrogen) atoms. The van der Waals surface area contributed by atoms with Crippen molar-refractivity contribution >= 4 is 19.8 Å². The highest BCUT2D eigenvalue weighted by Crippen LogP contribution is 2.47. The summed E-state index contributed by atoms with van der Waals surface area (Å²) in [5.74, 6) is -1.17. The zero-order chi connectivity index (χ0) is 42.9. The molecule has 0 aromatic rings. The van der Waals surface area contributed by atoms with Crippen molar-refractivity contribution in [3.05, 3.63) is 48.6 Å². The van der Waals surface area contributed by atoms with Crippen molar-refractivity contribution in [3.63, 3.8) is 0 Å². The maximum absolute atomic E-state index is 12.8. The van der Waals surface area contributed by atoms with Crippen LogP contribution in [0.5, 0.6) is 0 Å². The molecule has 14 heteroatoms. The number of hydrogen-bond donors (Lipinski definition) is 6. The van der Waals surface area contributed by atoms with Crippen LogP contribution < -0.4 is 0 Å². The number of allylic oxidation sites excluding steroid dienone is 8. The Labute approximate surface area is 348 Å². The van der Waals surface area contributed by atoms with Gasteiger partial charge in [-0.25, -0.2) is 4.57 Å². The molecular weight excluding hydrogens is 767 g/mol. The summed E-state index contributed by atoms with van der Waals surface area (Å²) >= 11 is 0. The number of phosphoric ester groups is 1. The smallest absolute Gasteiger partial charge is 0.462 e. The van der Waals surface area contributed by atoms with Gasteiger partial charge in [0.15, 0.2) is 6.10 Å². The number of ether oxygens (including phenoxy) is 2. The lowest BCUT2D eigenvalue weighted by Crippen LogP contribution is -2.64. The molecule has 8 atom stereocenters. The van der Waals surface area contributed by atoms with Gasteiger partial charge in [-0.1, -0.05) is 146 Å². The molecule has 0 bridgehead atoms. The van der Waals surface area contributed by atoms with Crippen molar-refractivity contribution in [2.45, 2.75) is 204 Å². The summed E-state index contributed by atoms with van der Waals surface area (Å²) in [4.78, 5) is 35.6. The first-order chi connectivity index (χ1) is 27.9. The lowest BCUT2D eigenvalue weighted by molar-refractivity contribution is -0.220. The van der Waals surface area contributed by atoms with Crippen LogP contribution in [0.1, 0.15) is 162 Å². The summed E-state index contributed by atoms with van der Waals surface area (Å²) in [7, 11) is -5.12. The summed E-state index contributed by atoms with van der Waals surface area (Å²) in [6.45, 7) is 3.20. The van der Waals surface area contributed by atoms with Gasteiger partial charge in [-0.3, -0.25) is 18.6 Å². The Morgan fingerprint density at radius 2 is 0.948 bits per heavy atom. The van der Waals surface area contributed by atoms with E-state index in [9.17, 15) is 44.6 Å². The minimum absolute atomic E-state index is 0.0861. The van der Waals surface area contributed by atoms with Crippen molar-refractivity contribution < 1.29 is 63.1 Å². The fraction of sp³-hybridized carbons (Fsp3) is 0.773. The van der Waals surface area contributed by atoms with Crippen LogP contribution >= 0.6 is 7.82 Å². The minimum Gasteiger partial charge on any atom is -0.462 e. The van der Waals surface area contributed by atoms with Crippen LogP contribution in [0.3, 0.4) is 0 Å². The molecule has 0 heterocycles. The van der Waals surface area contributed by atoms with E-state index in [1.807, 2.05) is 12.2 Å². The average molecular weight is 845 g/mol. The summed E-state index contributed by atoms with van der Waals surface area (Å²) in [6, 6.07) is 0. The molecular formula is C44H77O13P. The third-order valence-electron chi connectivity index (χ3n) is 9.92. The molecule has 6 unspecified atom stereocenters. The standard InChI is InChI=1S/C44H77O13P/c1-3-5-7-9-11-13-15-17-18-19-20-21-23-24-26-28-30-32-37(45)54-34-36(56-38(46)33-31-29-27-25-22-16-14-12-10-8-6-4-2)35-55-58(52,53)57-44-42(50)40(48)39(47)41(49)43(44)51/h11,13,17-18,20-21,24,26,36,39-44,47-51H,3-10,12,14-16,19,22-23,25,27-35H2,1-2H3,(H,52,53)/b13-11+,18-17+,21-20+,26-24+/t36-,39?,40-,41?,42?,43?,44?/m0/s1. The van der Waals surface area contributed by atoms with Gasteiger partial charge in [0.1, 0.15) is 43.2 Å². The van der Waals surface area contributed by atoms with E-state index in [-0.39, 0.29) is 12.8 Å². The molecule has 1 aliphatic carbocycles. The molecule has 1 aliphatic rings. The predicted octanol–water partition coefficient (Wildman–Crippen LogP) is 8.00. The summed E-state index contributed by atoms with van der Waals surface area (Å²) in [5.41, 5.74) is 0. The first-order valence-corrected chi connectivity index (χ1v) is 23.4. The second kappa shape index (κ2) is 34.5. The van der Waals surface area contributed by atoms with Crippen LogP contribution in [0.15, 0.2) is 48.6 Å². The van der Waals surface area contributed by atoms with E-state index in [4.69, 9.17) is 18.5 Å². The molecule has 1 rings (SSSR count). The van der Waals surface area contributed by atoms with Gasteiger partial charge in [-0.15, -0.1) is 0 Å². The minimum atomic E-state index is -5.12. The van der Waals surface area contributed by atoms with Gasteiger partial charge < -0.3 is 39.9 Å². The largest absolute Gasteiger partial charge is 0.472 e. The molecule has 13 nitrogen and oxygen atoms in total. The molecule has 1 fully saturated rings. The number of hydrogen-bond acceptors (Lipinski definition) is 12. The highest BCUT2D eigenvalue weighted by atomic mass is 31.2. The number of carbonyl (C=O) groups excluding carboxylic acids is 2. The van der Waals surface area contributed by atoms with Gasteiger partial charge in [-0.2, -0.15) is 0 Å². The molecule has 0 aromatic carbocycles. The number of rotatable bonds is 35. The van der Waals surface area contributed by atoms with Crippen LogP contribution in [0.4, 0.5) is 0 Å². The lowest BCUT2D eigenvalue weighted by Gasteiger charge is -2.41. The van der Waals surface area contributed by atoms with Crippen LogP contribution in [0.2, 0.25) is 0 Å². The quantitative estimate of drug-likeness (QED) is 0.0155. The maximum atomic E-state index is 12.8. The fourth-order valence-corrected chi connectivity index (χ4v) is 7.31. The highest BCUT2D eigenvalue weighted by Gasteiger charge is 2.51. The topological polar surface area (TPSA) is 210 Å². The maximum Gasteiger partial charge on any atom is 0.472 e. The zero-order valence-electron chi connectivity index (χ0n) is 35.3. The van der Waals surface area contributed by atoms with Crippen molar-refractivity contribution in [2.75, 3.05) is 13.2 Å². The van der Waals surface area contributed by atoms with Crippen molar-refractivity contribution in [3.8, 4) is 0 Å². The van der Waals surface area contributed by atoms with Crippen LogP contribution in [-0.4, -0.2) is 98.3 Å². The predicted molar refractivity (Wildman–Crippen MR) is 226 cm³/mol. The summed E-state index contributed by atoms with van der Waals surface area (Å²) < 4.78 is 33.4. The van der Waals surface area contributed by atoms with E-state index in [1.165, 1.54) is 64.2 Å². The molecule has 336 valence electrons. The SMILES string of the molecule is CCCCC/C=C/C/C=C/C/C=C/C/C=C/CCCC(=O)OC[C@@H](COP(=O)(O)OC1C(O)C(O)C(O)[C@H](O)C1O)OC(=O)CCCCCCCCCCCCCC. The van der Waals surface area contributed by atoms with Gasteiger partial charge in [0.25, 0.3) is 0 Å². The van der Waals surface area contributed by atoms with Gasteiger partial charge >= 0.3 is 19.8 Å². The first kappa shape index (κ1) is 53.8. The average Bonchev–Trinajstić information content (AvgIpc) is 3.20. The molecule has 0 aliphatic heterocycles. The van der Waals surface area contributed by atoms with Crippen molar-refractivity contribution in [1.82, 2.24) is 0 Å². The van der Waals surface area contributed by atoms with E-state index in [0.29, 0.717) is 19.3 Å². The van der Waals surface area contributed by atoms with E-state index in [2.05, 4.69) is 50.3 Å². The lowest BCUT2D eigenvalue weighted by atomic mass is 9.85. The van der Waals surface area contributed by atoms with E-state index < -0.39 is 75.7 Å². The number of unbranched alkanes of at least 4 members (excludes halogenated alkanes) is 15. The third-order valence-corrected chi connectivity index (χ3v) is 10.9. The van der Waals surface area contributed by atoms with Crippen LogP contribution in [0.25, 0.3) is 0 Å². The Hall–Kier alpha value is -2.19. The first-order valence-electron chi connectivity index (χ1n) is 21.9. The molecule has 0 spiro atoms. The summed E-state index contributed by atoms with van der Waals surface area (Å²) in [6.07, 6.45) is 26.1. The number of esters is 2. The number of carbonyl (C=O) groups is 2. The monoisotopic (exact) mass is 845 g/mol. The van der Waals surface area contributed by atoms with Crippen LogP contribution in [0, 0.1) is 0 Å². The van der Waals surface area contributed by atoms with E-state index >= 15 is 0 Å². The van der Waals surface area contributed by atoms with Gasteiger partial charge in [0.05, 0.1) is 6.61 Å². The molecule has 0 saturated heterocycles. The van der Waals surface area contributed by atoms with Crippen molar-refractivity contribution in [2.24, 2.45) is 0 Å². The summed E-state index contributed by atoms with van der Waals surface area (Å²) in [5, 5.41) is 50.0. The molecule has 1 saturated carbocycles. The Balaban J connectivity index is 2.52. The second-order valence-corrected chi connectivity index (χ2v) is 16.6. The Bertz CT molecular complexity index is 1210. The third kappa shape index (κ3) is 26.8. The number of phosphoric acid groups is 1. The molecule has 0 amide bonds. The van der Waals surface area contributed by atoms with Crippen LogP contribution in [-0.2, 0) is 32.7 Å². The van der Waals surface area contributed by atoms with E-state index in [1.54, 1.807) is 0 Å². The Morgan fingerprint density at radius 3 is 1.47 bits per heavy atom. The van der Waals surface area contributed by atoms with E-state index in [0.717, 1.165) is 51.4 Å². The fourth-order valence-electron chi connectivity index (χ4n) is 6.34. The second-order valence-electron chi connectivity index (χ2n) is 15.2. The molecule has 0 radical (unpaired) electrons. The number of aliphatic hydroxyl groups is 5. The Kier molecular flexibility index (Phi) is 32.0.